The molecule has 0 aliphatic rings. The van der Waals surface area contributed by atoms with Crippen molar-refractivity contribution in [1.29, 1.82) is 0 Å². The highest BCUT2D eigenvalue weighted by Gasteiger charge is 2.08. The van der Waals surface area contributed by atoms with Crippen LogP contribution < -0.4 is 10.6 Å². The maximum absolute atomic E-state index is 11.3. The largest absolute Gasteiger partial charge is 0.481 e. The maximum atomic E-state index is 11.3. The molecule has 1 aromatic heterocycles. The zero-order valence-electron chi connectivity index (χ0n) is 10.1. The molecule has 0 saturated carbocycles. The SMILES string of the molecule is O=C(O)CCCCC(=O)NC(=O)NCc1ncon1. The van der Waals surface area contributed by atoms with E-state index in [0.717, 1.165) is 6.39 Å². The van der Waals surface area contributed by atoms with Crippen molar-refractivity contribution in [1.82, 2.24) is 20.8 Å². The van der Waals surface area contributed by atoms with E-state index in [0.29, 0.717) is 18.7 Å². The molecule has 0 unspecified atom stereocenters. The number of imide groups is 1. The quantitative estimate of drug-likeness (QED) is 0.595. The number of hydrogen-bond acceptors (Lipinski definition) is 6. The van der Waals surface area contributed by atoms with Crippen molar-refractivity contribution in [3.05, 3.63) is 12.2 Å². The van der Waals surface area contributed by atoms with Gasteiger partial charge in [0.1, 0.15) is 0 Å². The Morgan fingerprint density at radius 1 is 1.26 bits per heavy atom. The molecule has 0 aliphatic heterocycles. The Balaban J connectivity index is 2.10. The third kappa shape index (κ3) is 6.76. The highest BCUT2D eigenvalue weighted by atomic mass is 16.5. The molecule has 0 bridgehead atoms. The highest BCUT2D eigenvalue weighted by Crippen LogP contribution is 1.99. The molecule has 1 heterocycles. The number of carbonyl (C=O) groups is 3. The molecule has 0 spiro atoms. The molecule has 9 heteroatoms. The van der Waals surface area contributed by atoms with Gasteiger partial charge in [-0.15, -0.1) is 0 Å². The molecule has 0 radical (unpaired) electrons. The molecule has 1 aromatic rings. The number of urea groups is 1. The van der Waals surface area contributed by atoms with E-state index in [4.69, 9.17) is 5.11 Å². The second kappa shape index (κ2) is 7.80. The van der Waals surface area contributed by atoms with Gasteiger partial charge < -0.3 is 14.9 Å². The second-order valence-electron chi connectivity index (χ2n) is 3.68. The van der Waals surface area contributed by atoms with Gasteiger partial charge in [0.15, 0.2) is 5.82 Å². The van der Waals surface area contributed by atoms with Crippen LogP contribution in [0.4, 0.5) is 4.79 Å². The minimum atomic E-state index is -0.904. The highest BCUT2D eigenvalue weighted by molar-refractivity contribution is 5.94. The van der Waals surface area contributed by atoms with E-state index < -0.39 is 17.9 Å². The van der Waals surface area contributed by atoms with Gasteiger partial charge in [0.2, 0.25) is 12.3 Å². The number of aliphatic carboxylic acids is 1. The maximum Gasteiger partial charge on any atom is 0.321 e. The lowest BCUT2D eigenvalue weighted by molar-refractivity contribution is -0.137. The molecule has 0 atom stereocenters. The molecule has 1 rings (SSSR count). The van der Waals surface area contributed by atoms with Crippen LogP contribution in [0.15, 0.2) is 10.9 Å². The van der Waals surface area contributed by atoms with Gasteiger partial charge in [-0.25, -0.2) is 4.79 Å². The zero-order chi connectivity index (χ0) is 14.1. The number of rotatable bonds is 7. The molecule has 9 nitrogen and oxygen atoms in total. The minimum Gasteiger partial charge on any atom is -0.481 e. The van der Waals surface area contributed by atoms with Gasteiger partial charge >= 0.3 is 12.0 Å². The predicted molar refractivity (Wildman–Crippen MR) is 60.8 cm³/mol. The Morgan fingerprint density at radius 3 is 2.63 bits per heavy atom. The monoisotopic (exact) mass is 270 g/mol. The molecule has 19 heavy (non-hydrogen) atoms. The fraction of sp³-hybridized carbons (Fsp3) is 0.500. The molecule has 0 aromatic carbocycles. The van der Waals surface area contributed by atoms with Crippen molar-refractivity contribution >= 4 is 17.9 Å². The number of carboxylic acids is 1. The zero-order valence-corrected chi connectivity index (χ0v) is 10.1. The smallest absolute Gasteiger partial charge is 0.321 e. The van der Waals surface area contributed by atoms with E-state index in [2.05, 4.69) is 25.3 Å². The van der Waals surface area contributed by atoms with Gasteiger partial charge in [-0.3, -0.25) is 14.9 Å². The summed E-state index contributed by atoms with van der Waals surface area (Å²) < 4.78 is 4.46. The number of aromatic nitrogens is 2. The van der Waals surface area contributed by atoms with Gasteiger partial charge in [-0.05, 0) is 12.8 Å². The van der Waals surface area contributed by atoms with Crippen molar-refractivity contribution in [2.75, 3.05) is 0 Å². The third-order valence-corrected chi connectivity index (χ3v) is 2.11. The van der Waals surface area contributed by atoms with Gasteiger partial charge in [0.05, 0.1) is 6.54 Å². The standard InChI is InChI=1S/C10H14N4O5/c15-8(3-1-2-4-9(16)17)13-10(18)11-5-7-12-6-19-14-7/h6H,1-5H2,(H,16,17)(H2,11,13,15,18). The third-order valence-electron chi connectivity index (χ3n) is 2.11. The van der Waals surface area contributed by atoms with Gasteiger partial charge in [0.25, 0.3) is 0 Å². The molecule has 3 N–H and O–H groups in total. The molecule has 0 aliphatic carbocycles. The Morgan fingerprint density at radius 2 is 2.00 bits per heavy atom. The first kappa shape index (κ1) is 14.6. The van der Waals surface area contributed by atoms with E-state index in [1.165, 1.54) is 0 Å². The van der Waals surface area contributed by atoms with E-state index in [-0.39, 0.29) is 19.4 Å². The van der Waals surface area contributed by atoms with Crippen molar-refractivity contribution in [2.24, 2.45) is 0 Å². The van der Waals surface area contributed by atoms with Crippen LogP contribution in [-0.2, 0) is 16.1 Å². The van der Waals surface area contributed by atoms with Crippen LogP contribution in [0.3, 0.4) is 0 Å². The summed E-state index contributed by atoms with van der Waals surface area (Å²) in [5, 5.41) is 16.4. The summed E-state index contributed by atoms with van der Waals surface area (Å²) in [4.78, 5) is 36.5. The van der Waals surface area contributed by atoms with Crippen LogP contribution in [0.2, 0.25) is 0 Å². The van der Waals surface area contributed by atoms with Crippen molar-refractivity contribution < 1.29 is 24.0 Å². The summed E-state index contributed by atoms with van der Waals surface area (Å²) in [6.07, 6.45) is 2.05. The first-order valence-electron chi connectivity index (χ1n) is 5.62. The van der Waals surface area contributed by atoms with Crippen LogP contribution in [0.5, 0.6) is 0 Å². The number of hydrogen-bond donors (Lipinski definition) is 3. The number of carboxylic acid groups (broad SMARTS) is 1. The van der Waals surface area contributed by atoms with Crippen LogP contribution in [0.25, 0.3) is 0 Å². The van der Waals surface area contributed by atoms with Crippen LogP contribution in [0.1, 0.15) is 31.5 Å². The number of nitrogens with zero attached hydrogens (tertiary/aromatic N) is 2. The minimum absolute atomic E-state index is 0.0112. The lowest BCUT2D eigenvalue weighted by Crippen LogP contribution is -2.39. The summed E-state index contributed by atoms with van der Waals surface area (Å²) in [6.45, 7) is 0.0502. The fourth-order valence-electron chi connectivity index (χ4n) is 1.22. The fourth-order valence-corrected chi connectivity index (χ4v) is 1.22. The topological polar surface area (TPSA) is 134 Å². The summed E-state index contributed by atoms with van der Waals surface area (Å²) in [5.41, 5.74) is 0. The van der Waals surface area contributed by atoms with Crippen LogP contribution in [0, 0.1) is 0 Å². The number of unbranched alkanes of at least 4 members (excludes halogenated alkanes) is 1. The van der Waals surface area contributed by atoms with Gasteiger partial charge in [0, 0.05) is 12.8 Å². The molecule has 104 valence electrons. The lowest BCUT2D eigenvalue weighted by Gasteiger charge is -2.04. The Bertz CT molecular complexity index is 431. The van der Waals surface area contributed by atoms with E-state index in [1.807, 2.05) is 0 Å². The summed E-state index contributed by atoms with van der Waals surface area (Å²) >= 11 is 0. The lowest BCUT2D eigenvalue weighted by atomic mass is 10.2. The number of amides is 3. The van der Waals surface area contributed by atoms with E-state index in [1.54, 1.807) is 0 Å². The van der Waals surface area contributed by atoms with Gasteiger partial charge in [-0.2, -0.15) is 4.98 Å². The Kier molecular flexibility index (Phi) is 5.99. The van der Waals surface area contributed by atoms with E-state index in [9.17, 15) is 14.4 Å². The predicted octanol–water partition coefficient (Wildman–Crippen LogP) is 0.0404. The first-order chi connectivity index (χ1) is 9.08. The molecular weight excluding hydrogens is 256 g/mol. The van der Waals surface area contributed by atoms with Crippen LogP contribution in [-0.4, -0.2) is 33.2 Å². The summed E-state index contributed by atoms with van der Waals surface area (Å²) in [7, 11) is 0. The Hall–Kier alpha value is -2.45. The number of carbonyl (C=O) groups excluding carboxylic acids is 2. The second-order valence-corrected chi connectivity index (χ2v) is 3.68. The molecular formula is C10H14N4O5. The summed E-state index contributed by atoms with van der Waals surface area (Å²) in [6, 6.07) is -0.659. The number of nitrogens with one attached hydrogen (secondary N) is 2. The average Bonchev–Trinajstić information content (AvgIpc) is 2.85. The molecule has 0 fully saturated rings. The molecule has 0 saturated heterocycles. The Labute approximate surface area is 108 Å². The average molecular weight is 270 g/mol. The van der Waals surface area contributed by atoms with Crippen LogP contribution >= 0.6 is 0 Å². The summed E-state index contributed by atoms with van der Waals surface area (Å²) in [5.74, 6) is -1.07. The van der Waals surface area contributed by atoms with Crippen molar-refractivity contribution in [3.63, 3.8) is 0 Å². The normalized spacial score (nSPS) is 9.89. The van der Waals surface area contributed by atoms with E-state index >= 15 is 0 Å². The van der Waals surface area contributed by atoms with Gasteiger partial charge in [-0.1, -0.05) is 5.16 Å². The van der Waals surface area contributed by atoms with Crippen molar-refractivity contribution in [3.8, 4) is 0 Å². The van der Waals surface area contributed by atoms with Crippen molar-refractivity contribution in [2.45, 2.75) is 32.2 Å². The molecule has 3 amide bonds. The first-order valence-corrected chi connectivity index (χ1v) is 5.62.